The maximum absolute atomic E-state index is 12.5. The summed E-state index contributed by atoms with van der Waals surface area (Å²) < 4.78 is 22.8. The normalized spacial score (nSPS) is 13.9. The Hall–Kier alpha value is -4.93. The SMILES string of the molecule is CCc1ccc(OCC(=O)Oc2ccc3c(c2)OC(N)=C(C#N)C3c2cccc(OCc3ccccc3Cl)c2)cc1. The molecule has 7 nitrogen and oxygen atoms in total. The number of benzene rings is 4. The van der Waals surface area contributed by atoms with Crippen molar-refractivity contribution >= 4 is 17.6 Å². The lowest BCUT2D eigenvalue weighted by Gasteiger charge is -2.27. The smallest absolute Gasteiger partial charge is 0.349 e. The molecule has 1 heterocycles. The van der Waals surface area contributed by atoms with Gasteiger partial charge in [0.1, 0.15) is 41.2 Å². The first kappa shape index (κ1) is 27.6. The molecule has 4 aromatic rings. The predicted molar refractivity (Wildman–Crippen MR) is 155 cm³/mol. The van der Waals surface area contributed by atoms with Gasteiger partial charge in [-0.3, -0.25) is 0 Å². The summed E-state index contributed by atoms with van der Waals surface area (Å²) in [5.74, 6) is 0.748. The van der Waals surface area contributed by atoms with Crippen molar-refractivity contribution in [2.75, 3.05) is 6.61 Å². The van der Waals surface area contributed by atoms with Gasteiger partial charge < -0.3 is 24.7 Å². The molecule has 0 saturated carbocycles. The summed E-state index contributed by atoms with van der Waals surface area (Å²) in [5.41, 5.74) is 9.97. The van der Waals surface area contributed by atoms with Crippen LogP contribution < -0.4 is 24.7 Å². The van der Waals surface area contributed by atoms with Crippen LogP contribution in [0.4, 0.5) is 0 Å². The maximum Gasteiger partial charge on any atom is 0.349 e. The third-order valence-corrected chi connectivity index (χ3v) is 7.02. The van der Waals surface area contributed by atoms with E-state index in [9.17, 15) is 10.1 Å². The molecule has 0 bridgehead atoms. The Morgan fingerprint density at radius 1 is 0.951 bits per heavy atom. The molecule has 4 aromatic carbocycles. The van der Waals surface area contributed by atoms with Gasteiger partial charge in [0.05, 0.1) is 5.92 Å². The Labute approximate surface area is 243 Å². The molecule has 206 valence electrons. The average Bonchev–Trinajstić information content (AvgIpc) is 2.99. The zero-order chi connectivity index (χ0) is 28.8. The van der Waals surface area contributed by atoms with E-state index in [1.165, 1.54) is 5.56 Å². The summed E-state index contributed by atoms with van der Waals surface area (Å²) in [7, 11) is 0. The number of hydrogen-bond donors (Lipinski definition) is 1. The summed E-state index contributed by atoms with van der Waals surface area (Å²) in [6, 6.07) is 29.6. The average molecular weight is 567 g/mol. The first-order chi connectivity index (χ1) is 19.9. The van der Waals surface area contributed by atoms with Crippen molar-refractivity contribution in [1.29, 1.82) is 5.26 Å². The van der Waals surface area contributed by atoms with Gasteiger partial charge in [-0.05, 0) is 53.9 Å². The molecule has 0 amide bonds. The number of aryl methyl sites for hydroxylation is 1. The van der Waals surface area contributed by atoms with Gasteiger partial charge in [-0.1, -0.05) is 67.1 Å². The van der Waals surface area contributed by atoms with Crippen LogP contribution in [0.15, 0.2) is 102 Å². The second kappa shape index (κ2) is 12.5. The van der Waals surface area contributed by atoms with E-state index in [-0.39, 0.29) is 23.8 Å². The number of halogens is 1. The van der Waals surface area contributed by atoms with E-state index in [0.717, 1.165) is 17.5 Å². The highest BCUT2D eigenvalue weighted by atomic mass is 35.5. The van der Waals surface area contributed by atoms with Crippen LogP contribution in [-0.4, -0.2) is 12.6 Å². The van der Waals surface area contributed by atoms with Crippen LogP contribution in [0.2, 0.25) is 5.02 Å². The number of carbonyl (C=O) groups excluding carboxylic acids is 1. The number of fused-ring (bicyclic) bond motifs is 1. The van der Waals surface area contributed by atoms with Crippen LogP contribution in [0.3, 0.4) is 0 Å². The lowest BCUT2D eigenvalue weighted by molar-refractivity contribution is -0.136. The number of nitrogens with two attached hydrogens (primary N) is 1. The zero-order valence-corrected chi connectivity index (χ0v) is 23.1. The molecule has 1 unspecified atom stereocenters. The molecular formula is C33H27ClN2O5. The second-order valence-corrected chi connectivity index (χ2v) is 9.74. The summed E-state index contributed by atoms with van der Waals surface area (Å²) in [6.45, 7) is 2.10. The zero-order valence-electron chi connectivity index (χ0n) is 22.3. The van der Waals surface area contributed by atoms with Gasteiger partial charge in [0.25, 0.3) is 0 Å². The van der Waals surface area contributed by atoms with Gasteiger partial charge in [-0.15, -0.1) is 0 Å². The van der Waals surface area contributed by atoms with Crippen LogP contribution in [0.5, 0.6) is 23.0 Å². The van der Waals surface area contributed by atoms with Crippen LogP contribution in [0.1, 0.15) is 35.1 Å². The van der Waals surface area contributed by atoms with E-state index in [1.54, 1.807) is 18.2 Å². The quantitative estimate of drug-likeness (QED) is 0.178. The van der Waals surface area contributed by atoms with Crippen LogP contribution in [0, 0.1) is 11.3 Å². The molecule has 0 aliphatic carbocycles. The molecule has 5 rings (SSSR count). The molecule has 41 heavy (non-hydrogen) atoms. The molecule has 0 saturated heterocycles. The molecule has 8 heteroatoms. The van der Waals surface area contributed by atoms with Gasteiger partial charge in [0.15, 0.2) is 6.61 Å². The monoisotopic (exact) mass is 566 g/mol. The molecule has 0 spiro atoms. The lowest BCUT2D eigenvalue weighted by Crippen LogP contribution is -2.21. The van der Waals surface area contributed by atoms with E-state index >= 15 is 0 Å². The fraction of sp³-hybridized carbons (Fsp3) is 0.152. The standard InChI is InChI=1S/C33H27ClN2O5/c1-2-21-10-12-24(13-11-21)39-20-31(37)40-26-14-15-27-30(17-26)41-33(36)28(18-35)32(27)22-7-5-8-25(16-22)38-19-23-6-3-4-9-29(23)34/h3-17,32H,2,19-20,36H2,1H3. The second-order valence-electron chi connectivity index (χ2n) is 9.34. The third-order valence-electron chi connectivity index (χ3n) is 6.65. The van der Waals surface area contributed by atoms with Gasteiger partial charge in [-0.25, -0.2) is 4.79 Å². The Kier molecular flexibility index (Phi) is 8.42. The minimum absolute atomic E-state index is 0.0188. The molecule has 0 aromatic heterocycles. The number of hydrogen-bond acceptors (Lipinski definition) is 7. The van der Waals surface area contributed by atoms with Crippen LogP contribution in [0.25, 0.3) is 0 Å². The molecule has 1 aliphatic rings. The van der Waals surface area contributed by atoms with Crippen molar-refractivity contribution in [1.82, 2.24) is 0 Å². The van der Waals surface area contributed by atoms with E-state index < -0.39 is 11.9 Å². The largest absolute Gasteiger partial charge is 0.489 e. The summed E-state index contributed by atoms with van der Waals surface area (Å²) in [6.07, 6.45) is 0.919. The summed E-state index contributed by atoms with van der Waals surface area (Å²) >= 11 is 6.27. The lowest BCUT2D eigenvalue weighted by atomic mass is 9.83. The van der Waals surface area contributed by atoms with E-state index in [2.05, 4.69) is 13.0 Å². The number of nitrogens with zero attached hydrogens (tertiary/aromatic N) is 1. The fourth-order valence-electron chi connectivity index (χ4n) is 4.53. The van der Waals surface area contributed by atoms with Gasteiger partial charge in [0.2, 0.25) is 5.88 Å². The molecule has 1 aliphatic heterocycles. The Balaban J connectivity index is 1.32. The molecular weight excluding hydrogens is 540 g/mol. The Bertz CT molecular complexity index is 1640. The molecule has 0 fully saturated rings. The predicted octanol–water partition coefficient (Wildman–Crippen LogP) is 6.68. The molecule has 0 radical (unpaired) electrons. The van der Waals surface area contributed by atoms with E-state index in [0.29, 0.717) is 34.4 Å². The van der Waals surface area contributed by atoms with Crippen LogP contribution in [-0.2, 0) is 17.8 Å². The Morgan fingerprint density at radius 2 is 1.73 bits per heavy atom. The van der Waals surface area contributed by atoms with Gasteiger partial charge >= 0.3 is 5.97 Å². The number of rotatable bonds is 9. The highest BCUT2D eigenvalue weighted by Gasteiger charge is 2.31. The van der Waals surface area contributed by atoms with E-state index in [4.69, 9.17) is 36.3 Å². The number of ether oxygens (including phenoxy) is 4. The van der Waals surface area contributed by atoms with Crippen molar-refractivity contribution in [3.05, 3.63) is 130 Å². The van der Waals surface area contributed by atoms with Gasteiger partial charge in [0, 0.05) is 22.2 Å². The minimum atomic E-state index is -0.568. The van der Waals surface area contributed by atoms with Gasteiger partial charge in [-0.2, -0.15) is 5.26 Å². The third kappa shape index (κ3) is 6.46. The van der Waals surface area contributed by atoms with Crippen molar-refractivity contribution in [2.24, 2.45) is 5.73 Å². The van der Waals surface area contributed by atoms with E-state index in [1.807, 2.05) is 72.8 Å². The van der Waals surface area contributed by atoms with Crippen molar-refractivity contribution in [3.8, 4) is 29.1 Å². The maximum atomic E-state index is 12.5. The minimum Gasteiger partial charge on any atom is -0.489 e. The van der Waals surface area contributed by atoms with Crippen LogP contribution >= 0.6 is 11.6 Å². The summed E-state index contributed by atoms with van der Waals surface area (Å²) in [4.78, 5) is 12.5. The fourth-order valence-corrected chi connectivity index (χ4v) is 4.72. The van der Waals surface area contributed by atoms with Crippen molar-refractivity contribution in [3.63, 3.8) is 0 Å². The highest BCUT2D eigenvalue weighted by molar-refractivity contribution is 6.31. The molecule has 2 N–H and O–H groups in total. The highest BCUT2D eigenvalue weighted by Crippen LogP contribution is 2.44. The number of allylic oxidation sites excluding steroid dienone is 1. The molecule has 1 atom stereocenters. The first-order valence-electron chi connectivity index (χ1n) is 13.0. The topological polar surface area (TPSA) is 104 Å². The number of esters is 1. The Morgan fingerprint density at radius 3 is 2.49 bits per heavy atom. The number of nitriles is 1. The van der Waals surface area contributed by atoms with Crippen molar-refractivity contribution in [2.45, 2.75) is 25.9 Å². The first-order valence-corrected chi connectivity index (χ1v) is 13.4. The summed E-state index contributed by atoms with van der Waals surface area (Å²) in [5, 5.41) is 10.6. The van der Waals surface area contributed by atoms with Crippen molar-refractivity contribution < 1.29 is 23.7 Å². The number of carbonyl (C=O) groups is 1.